The molecule has 0 amide bonds. The van der Waals surface area contributed by atoms with Gasteiger partial charge in [-0.3, -0.25) is 9.55 Å². The number of halogens is 2. The van der Waals surface area contributed by atoms with Crippen molar-refractivity contribution in [2.24, 2.45) is 0 Å². The van der Waals surface area contributed by atoms with Gasteiger partial charge in [0.1, 0.15) is 5.82 Å². The average Bonchev–Trinajstić information content (AvgIpc) is 3.06. The van der Waals surface area contributed by atoms with Crippen LogP contribution in [0.1, 0.15) is 13.8 Å². The molecule has 2 atom stereocenters. The first-order valence-corrected chi connectivity index (χ1v) is 9.23. The van der Waals surface area contributed by atoms with Gasteiger partial charge in [0, 0.05) is 38.1 Å². The zero-order valence-electron chi connectivity index (χ0n) is 15.2. The fourth-order valence-electron chi connectivity index (χ4n) is 3.46. The molecule has 4 heterocycles. The predicted molar refractivity (Wildman–Crippen MR) is 104 cm³/mol. The van der Waals surface area contributed by atoms with Crippen molar-refractivity contribution in [3.63, 3.8) is 0 Å². The minimum absolute atomic E-state index is 0.176. The van der Waals surface area contributed by atoms with Crippen LogP contribution in [0.5, 0.6) is 0 Å². The van der Waals surface area contributed by atoms with Crippen molar-refractivity contribution < 1.29 is 9.50 Å². The minimum Gasteiger partial charge on any atom is -0.391 e. The molecule has 4 rings (SSSR count). The van der Waals surface area contributed by atoms with E-state index in [1.807, 2.05) is 24.0 Å². The Balaban J connectivity index is 1.78. The van der Waals surface area contributed by atoms with Crippen LogP contribution in [0.4, 0.5) is 10.2 Å². The summed E-state index contributed by atoms with van der Waals surface area (Å²) in [5.41, 5.74) is 1.03. The lowest BCUT2D eigenvalue weighted by Gasteiger charge is -2.44. The second kappa shape index (κ2) is 6.74. The molecule has 142 valence electrons. The van der Waals surface area contributed by atoms with Crippen molar-refractivity contribution >= 4 is 28.5 Å². The van der Waals surface area contributed by atoms with Crippen molar-refractivity contribution in [2.45, 2.75) is 25.5 Å². The van der Waals surface area contributed by atoms with Gasteiger partial charge < -0.3 is 15.3 Å². The second-order valence-corrected chi connectivity index (χ2v) is 7.54. The van der Waals surface area contributed by atoms with Crippen LogP contribution < -0.4 is 10.2 Å². The Morgan fingerprint density at radius 3 is 2.96 bits per heavy atom. The minimum atomic E-state index is -0.557. The van der Waals surface area contributed by atoms with Crippen LogP contribution in [-0.2, 0) is 0 Å². The lowest BCUT2D eigenvalue weighted by Crippen LogP contribution is -2.64. The van der Waals surface area contributed by atoms with E-state index in [1.54, 1.807) is 30.0 Å². The van der Waals surface area contributed by atoms with Crippen LogP contribution in [-0.4, -0.2) is 50.9 Å². The van der Waals surface area contributed by atoms with Gasteiger partial charge in [0.25, 0.3) is 0 Å². The van der Waals surface area contributed by atoms with Crippen molar-refractivity contribution in [3.05, 3.63) is 47.5 Å². The third-order valence-corrected chi connectivity index (χ3v) is 5.51. The lowest BCUT2D eigenvalue weighted by atomic mass is 9.93. The number of rotatable bonds is 3. The molecule has 2 unspecified atom stereocenters. The Hall–Kier alpha value is -2.22. The lowest BCUT2D eigenvalue weighted by molar-refractivity contribution is 0.0817. The number of aliphatic hydroxyl groups excluding tert-OH is 1. The highest BCUT2D eigenvalue weighted by Crippen LogP contribution is 2.31. The maximum Gasteiger partial charge on any atom is 0.175 e. The molecule has 3 aromatic rings. The molecular formula is C19H21ClFN5O. The first-order chi connectivity index (χ1) is 12.9. The molecule has 3 aromatic heterocycles. The summed E-state index contributed by atoms with van der Waals surface area (Å²) in [6.07, 6.45) is 2.89. The molecule has 0 aromatic carbocycles. The van der Waals surface area contributed by atoms with Crippen LogP contribution in [0, 0.1) is 5.82 Å². The molecule has 27 heavy (non-hydrogen) atoms. The average molecular weight is 390 g/mol. The van der Waals surface area contributed by atoms with Crippen molar-refractivity contribution in [2.75, 3.05) is 24.5 Å². The largest absolute Gasteiger partial charge is 0.391 e. The van der Waals surface area contributed by atoms with Gasteiger partial charge in [0.15, 0.2) is 11.6 Å². The Bertz CT molecular complexity index is 991. The Labute approximate surface area is 161 Å². The maximum absolute atomic E-state index is 14.7. The van der Waals surface area contributed by atoms with E-state index >= 15 is 0 Å². The SMILES string of the molecule is CC(O)C1(C)CN(c2nc(-n3ccc4ncccc43)c(F)cc2Cl)CCN1. The normalized spacial score (nSPS) is 21.6. The molecule has 0 aliphatic carbocycles. The highest BCUT2D eigenvalue weighted by Gasteiger charge is 2.36. The highest BCUT2D eigenvalue weighted by molar-refractivity contribution is 6.33. The number of anilines is 1. The summed E-state index contributed by atoms with van der Waals surface area (Å²) in [4.78, 5) is 10.8. The first kappa shape index (κ1) is 18.2. The number of nitrogens with one attached hydrogen (secondary N) is 1. The Kier molecular flexibility index (Phi) is 4.53. The van der Waals surface area contributed by atoms with E-state index in [9.17, 15) is 9.50 Å². The smallest absolute Gasteiger partial charge is 0.175 e. The summed E-state index contributed by atoms with van der Waals surface area (Å²) in [5.74, 6) is 0.181. The van der Waals surface area contributed by atoms with Crippen LogP contribution in [0.25, 0.3) is 16.9 Å². The van der Waals surface area contributed by atoms with E-state index in [0.29, 0.717) is 25.5 Å². The molecule has 1 saturated heterocycles. The summed E-state index contributed by atoms with van der Waals surface area (Å²) >= 11 is 6.34. The molecule has 1 fully saturated rings. The summed E-state index contributed by atoms with van der Waals surface area (Å²) in [7, 11) is 0. The van der Waals surface area contributed by atoms with Gasteiger partial charge in [-0.05, 0) is 32.0 Å². The molecule has 6 nitrogen and oxygen atoms in total. The van der Waals surface area contributed by atoms with Gasteiger partial charge in [-0.1, -0.05) is 11.6 Å². The van der Waals surface area contributed by atoms with Crippen LogP contribution in [0.15, 0.2) is 36.7 Å². The molecule has 8 heteroatoms. The van der Waals surface area contributed by atoms with Crippen LogP contribution >= 0.6 is 11.6 Å². The zero-order valence-corrected chi connectivity index (χ0v) is 15.9. The van der Waals surface area contributed by atoms with Gasteiger partial charge in [0.05, 0.1) is 27.7 Å². The summed E-state index contributed by atoms with van der Waals surface area (Å²) < 4.78 is 16.4. The second-order valence-electron chi connectivity index (χ2n) is 7.13. The molecule has 0 radical (unpaired) electrons. The quantitative estimate of drug-likeness (QED) is 0.721. The first-order valence-electron chi connectivity index (χ1n) is 8.85. The molecule has 0 bridgehead atoms. The monoisotopic (exact) mass is 389 g/mol. The Morgan fingerprint density at radius 1 is 1.37 bits per heavy atom. The summed E-state index contributed by atoms with van der Waals surface area (Å²) in [5, 5.41) is 13.7. The van der Waals surface area contributed by atoms with Crippen molar-refractivity contribution in [3.8, 4) is 5.82 Å². The number of fused-ring (bicyclic) bond motifs is 1. The molecule has 1 aliphatic rings. The predicted octanol–water partition coefficient (Wildman–Crippen LogP) is 2.76. The van der Waals surface area contributed by atoms with Crippen molar-refractivity contribution in [1.29, 1.82) is 0 Å². The van der Waals surface area contributed by atoms with E-state index in [2.05, 4.69) is 15.3 Å². The van der Waals surface area contributed by atoms with E-state index in [0.717, 1.165) is 11.0 Å². The standard InChI is InChI=1S/C19H21ClFN5O/c1-12(27)19(2)11-25(9-7-23-19)17-13(20)10-14(21)18(24-17)26-8-5-15-16(26)4-3-6-22-15/h3-6,8,10,12,23,27H,7,9,11H2,1-2H3. The van der Waals surface area contributed by atoms with E-state index < -0.39 is 17.5 Å². The number of hydrogen-bond acceptors (Lipinski definition) is 5. The third-order valence-electron chi connectivity index (χ3n) is 5.23. The highest BCUT2D eigenvalue weighted by atomic mass is 35.5. The van der Waals surface area contributed by atoms with Crippen molar-refractivity contribution in [1.82, 2.24) is 19.9 Å². The van der Waals surface area contributed by atoms with Gasteiger partial charge in [-0.2, -0.15) is 0 Å². The van der Waals surface area contributed by atoms with E-state index in [4.69, 9.17) is 11.6 Å². The summed E-state index contributed by atoms with van der Waals surface area (Å²) in [6, 6.07) is 6.79. The van der Waals surface area contributed by atoms with Gasteiger partial charge in [-0.25, -0.2) is 9.37 Å². The molecule has 0 spiro atoms. The maximum atomic E-state index is 14.7. The van der Waals surface area contributed by atoms with E-state index in [1.165, 1.54) is 6.07 Å². The number of pyridine rings is 2. The number of hydrogen-bond donors (Lipinski definition) is 2. The number of piperazine rings is 1. The fraction of sp³-hybridized carbons (Fsp3) is 0.368. The molecular weight excluding hydrogens is 369 g/mol. The zero-order chi connectivity index (χ0) is 19.2. The Morgan fingerprint density at radius 2 is 2.19 bits per heavy atom. The van der Waals surface area contributed by atoms with Gasteiger partial charge >= 0.3 is 0 Å². The van der Waals surface area contributed by atoms with Crippen LogP contribution in [0.2, 0.25) is 5.02 Å². The number of aromatic nitrogens is 3. The van der Waals surface area contributed by atoms with Gasteiger partial charge in [0.2, 0.25) is 0 Å². The summed E-state index contributed by atoms with van der Waals surface area (Å²) in [6.45, 7) is 5.54. The third kappa shape index (κ3) is 3.16. The molecule has 1 aliphatic heterocycles. The molecule has 0 saturated carbocycles. The topological polar surface area (TPSA) is 66.2 Å². The van der Waals surface area contributed by atoms with Gasteiger partial charge in [-0.15, -0.1) is 0 Å². The van der Waals surface area contributed by atoms with Crippen LogP contribution in [0.3, 0.4) is 0 Å². The number of aliphatic hydroxyl groups is 1. The molecule has 2 N–H and O–H groups in total. The fourth-order valence-corrected chi connectivity index (χ4v) is 3.72. The number of nitrogens with zero attached hydrogens (tertiary/aromatic N) is 4. The van der Waals surface area contributed by atoms with E-state index in [-0.39, 0.29) is 10.8 Å².